The number of aryl methyl sites for hydroxylation is 2. The summed E-state index contributed by atoms with van der Waals surface area (Å²) in [5.41, 5.74) is 2.20. The van der Waals surface area contributed by atoms with Crippen molar-refractivity contribution >= 4 is 9.84 Å². The summed E-state index contributed by atoms with van der Waals surface area (Å²) in [6.07, 6.45) is 1.76. The Hall–Kier alpha value is -1.68. The Morgan fingerprint density at radius 2 is 1.55 bits per heavy atom. The second-order valence-corrected chi connectivity index (χ2v) is 8.41. The van der Waals surface area contributed by atoms with Crippen LogP contribution in [0.2, 0.25) is 0 Å². The van der Waals surface area contributed by atoms with Gasteiger partial charge in [-0.25, -0.2) is 12.8 Å². The van der Waals surface area contributed by atoms with E-state index in [4.69, 9.17) is 0 Å². The van der Waals surface area contributed by atoms with Crippen LogP contribution in [0.4, 0.5) is 4.39 Å². The fourth-order valence-electron chi connectivity index (χ4n) is 3.11. The number of hydrogen-bond acceptors (Lipinski definition) is 2. The number of rotatable bonds is 3. The first-order valence-corrected chi connectivity index (χ1v) is 8.93. The molecule has 4 heteroatoms. The van der Waals surface area contributed by atoms with E-state index in [1.165, 1.54) is 6.07 Å². The summed E-state index contributed by atoms with van der Waals surface area (Å²) >= 11 is 0. The highest BCUT2D eigenvalue weighted by atomic mass is 32.2. The zero-order chi connectivity index (χ0) is 16.0. The highest BCUT2D eigenvalue weighted by Gasteiger charge is 2.52. The molecule has 0 radical (unpaired) electrons. The molecule has 0 saturated heterocycles. The number of sulfone groups is 1. The Kier molecular flexibility index (Phi) is 3.60. The molecule has 1 aliphatic rings. The molecule has 0 spiro atoms. The molecule has 0 heterocycles. The summed E-state index contributed by atoms with van der Waals surface area (Å²) in [4.78, 5) is 0.277. The maximum absolute atomic E-state index is 14.3. The monoisotopic (exact) mass is 318 g/mol. The van der Waals surface area contributed by atoms with Crippen molar-refractivity contribution in [3.8, 4) is 0 Å². The van der Waals surface area contributed by atoms with Gasteiger partial charge >= 0.3 is 0 Å². The van der Waals surface area contributed by atoms with Crippen molar-refractivity contribution in [2.24, 2.45) is 0 Å². The third-order valence-electron chi connectivity index (χ3n) is 4.62. The molecule has 3 rings (SSSR count). The molecule has 0 bridgehead atoms. The van der Waals surface area contributed by atoms with E-state index in [9.17, 15) is 12.8 Å². The molecule has 1 saturated carbocycles. The lowest BCUT2D eigenvalue weighted by Crippen LogP contribution is -2.43. The summed E-state index contributed by atoms with van der Waals surface area (Å²) < 4.78 is 39.5. The molecule has 0 atom stereocenters. The molecule has 116 valence electrons. The van der Waals surface area contributed by atoms with Crippen molar-refractivity contribution in [2.75, 3.05) is 0 Å². The highest BCUT2D eigenvalue weighted by Crippen LogP contribution is 2.51. The van der Waals surface area contributed by atoms with Crippen LogP contribution in [-0.4, -0.2) is 8.42 Å². The number of hydrogen-bond donors (Lipinski definition) is 0. The molecule has 2 aromatic rings. The van der Waals surface area contributed by atoms with E-state index < -0.39 is 20.4 Å². The van der Waals surface area contributed by atoms with Crippen molar-refractivity contribution in [1.82, 2.24) is 0 Å². The molecule has 1 fully saturated rings. The van der Waals surface area contributed by atoms with Crippen molar-refractivity contribution in [2.45, 2.75) is 42.8 Å². The van der Waals surface area contributed by atoms with E-state index in [1.807, 2.05) is 13.8 Å². The van der Waals surface area contributed by atoms with E-state index in [0.717, 1.165) is 17.5 Å². The van der Waals surface area contributed by atoms with Crippen LogP contribution in [-0.2, 0) is 14.6 Å². The van der Waals surface area contributed by atoms with Crippen LogP contribution in [0.25, 0.3) is 0 Å². The van der Waals surface area contributed by atoms with Crippen molar-refractivity contribution in [1.29, 1.82) is 0 Å². The molecule has 0 aliphatic heterocycles. The molecule has 1 aliphatic carbocycles. The van der Waals surface area contributed by atoms with Gasteiger partial charge in [-0.05, 0) is 51.3 Å². The minimum Gasteiger partial charge on any atom is -0.223 e. The van der Waals surface area contributed by atoms with Gasteiger partial charge in [0.1, 0.15) is 10.6 Å². The minimum absolute atomic E-state index is 0.277. The Labute approximate surface area is 130 Å². The van der Waals surface area contributed by atoms with Gasteiger partial charge in [0, 0.05) is 5.56 Å². The quantitative estimate of drug-likeness (QED) is 0.846. The van der Waals surface area contributed by atoms with Gasteiger partial charge in [0.05, 0.1) is 4.90 Å². The van der Waals surface area contributed by atoms with Crippen molar-refractivity contribution in [3.63, 3.8) is 0 Å². The molecule has 0 unspecified atom stereocenters. The van der Waals surface area contributed by atoms with Crippen LogP contribution in [0.3, 0.4) is 0 Å². The van der Waals surface area contributed by atoms with Crippen LogP contribution in [0.1, 0.15) is 36.0 Å². The lowest BCUT2D eigenvalue weighted by Gasteiger charge is -2.41. The van der Waals surface area contributed by atoms with Crippen LogP contribution in [0.5, 0.6) is 0 Å². The van der Waals surface area contributed by atoms with Gasteiger partial charge in [0.15, 0.2) is 9.84 Å². The zero-order valence-corrected chi connectivity index (χ0v) is 13.6. The van der Waals surface area contributed by atoms with Gasteiger partial charge in [-0.15, -0.1) is 0 Å². The van der Waals surface area contributed by atoms with Gasteiger partial charge in [0.2, 0.25) is 0 Å². The summed E-state index contributed by atoms with van der Waals surface area (Å²) in [5.74, 6) is -0.430. The normalized spacial score (nSPS) is 17.0. The predicted octanol–water partition coefficient (Wildman–Crippen LogP) is 4.30. The van der Waals surface area contributed by atoms with Crippen molar-refractivity contribution < 1.29 is 12.8 Å². The molecule has 22 heavy (non-hydrogen) atoms. The SMILES string of the molecule is Cc1ccc(S(=O)(=O)C2(c3cc(C)ccc3F)CCC2)cc1. The third kappa shape index (κ3) is 2.17. The van der Waals surface area contributed by atoms with Gasteiger partial charge < -0.3 is 0 Å². The Balaban J connectivity index is 2.17. The molecular formula is C18H19FO2S. The number of benzene rings is 2. The zero-order valence-electron chi connectivity index (χ0n) is 12.8. The fraction of sp³-hybridized carbons (Fsp3) is 0.333. The van der Waals surface area contributed by atoms with Gasteiger partial charge in [-0.3, -0.25) is 0 Å². The number of halogens is 1. The Morgan fingerprint density at radius 3 is 2.09 bits per heavy atom. The summed E-state index contributed by atoms with van der Waals surface area (Å²) in [6, 6.07) is 11.5. The van der Waals surface area contributed by atoms with E-state index in [-0.39, 0.29) is 4.90 Å². The van der Waals surface area contributed by atoms with E-state index in [1.54, 1.807) is 36.4 Å². The smallest absolute Gasteiger partial charge is 0.188 e. The summed E-state index contributed by atoms with van der Waals surface area (Å²) in [5, 5.41) is 0. The van der Waals surface area contributed by atoms with Crippen LogP contribution < -0.4 is 0 Å². The topological polar surface area (TPSA) is 34.1 Å². The molecule has 0 amide bonds. The molecule has 0 aromatic heterocycles. The second-order valence-electron chi connectivity index (χ2n) is 6.15. The maximum atomic E-state index is 14.3. The lowest BCUT2D eigenvalue weighted by molar-refractivity contribution is 0.333. The molecular weight excluding hydrogens is 299 g/mol. The predicted molar refractivity (Wildman–Crippen MR) is 85.0 cm³/mol. The molecule has 0 N–H and O–H groups in total. The maximum Gasteiger partial charge on any atom is 0.188 e. The standard InChI is InChI=1S/C18H19FO2S/c1-13-4-7-15(8-5-13)22(20,21)18(10-3-11-18)16-12-14(2)6-9-17(16)19/h4-9,12H,3,10-11H2,1-2H3. The fourth-order valence-corrected chi connectivity index (χ4v) is 5.33. The molecule has 2 aromatic carbocycles. The Morgan fingerprint density at radius 1 is 0.955 bits per heavy atom. The van der Waals surface area contributed by atoms with Crippen LogP contribution in [0, 0.1) is 19.7 Å². The second kappa shape index (κ2) is 5.20. The summed E-state index contributed by atoms with van der Waals surface area (Å²) in [6.45, 7) is 3.77. The van der Waals surface area contributed by atoms with Crippen LogP contribution in [0.15, 0.2) is 47.4 Å². The average molecular weight is 318 g/mol. The largest absolute Gasteiger partial charge is 0.223 e. The lowest BCUT2D eigenvalue weighted by atomic mass is 9.78. The Bertz CT molecular complexity index is 803. The first-order valence-electron chi connectivity index (χ1n) is 7.45. The minimum atomic E-state index is -3.61. The van der Waals surface area contributed by atoms with Gasteiger partial charge in [0.25, 0.3) is 0 Å². The van der Waals surface area contributed by atoms with Gasteiger partial charge in [-0.1, -0.05) is 35.4 Å². The highest BCUT2D eigenvalue weighted by molar-refractivity contribution is 7.92. The molecule has 2 nitrogen and oxygen atoms in total. The van der Waals surface area contributed by atoms with E-state index in [2.05, 4.69) is 0 Å². The summed E-state index contributed by atoms with van der Waals surface area (Å²) in [7, 11) is -3.61. The van der Waals surface area contributed by atoms with Crippen LogP contribution >= 0.6 is 0 Å². The first kappa shape index (κ1) is 15.2. The third-order valence-corrected chi connectivity index (χ3v) is 7.17. The van der Waals surface area contributed by atoms with Crippen molar-refractivity contribution in [3.05, 3.63) is 65.0 Å². The average Bonchev–Trinajstić information content (AvgIpc) is 2.41. The first-order chi connectivity index (χ1) is 10.4. The van der Waals surface area contributed by atoms with Gasteiger partial charge in [-0.2, -0.15) is 0 Å². The van der Waals surface area contributed by atoms with E-state index >= 15 is 0 Å². The van der Waals surface area contributed by atoms with E-state index in [0.29, 0.717) is 18.4 Å².